The molecule has 1 aliphatic heterocycles. The number of pyridine rings is 1. The molecule has 1 fully saturated rings. The second-order valence-electron chi connectivity index (χ2n) is 8.49. The lowest BCUT2D eigenvalue weighted by atomic mass is 10.1. The Morgan fingerprint density at radius 3 is 2.77 bits per heavy atom. The van der Waals surface area contributed by atoms with Gasteiger partial charge in [0, 0.05) is 67.6 Å². The number of hydrogen-bond acceptors (Lipinski definition) is 6. The number of imidazole rings is 1. The van der Waals surface area contributed by atoms with Crippen molar-refractivity contribution in [3.8, 4) is 11.8 Å². The van der Waals surface area contributed by atoms with Crippen LogP contribution in [0.5, 0.6) is 0 Å². The van der Waals surface area contributed by atoms with Gasteiger partial charge in [0.2, 0.25) is 0 Å². The molecule has 1 amide bonds. The molecule has 0 spiro atoms. The molecule has 8 nitrogen and oxygen atoms in total. The van der Waals surface area contributed by atoms with Crippen LogP contribution in [0.1, 0.15) is 27.2 Å². The molecule has 4 heterocycles. The Morgan fingerprint density at radius 2 is 1.94 bits per heavy atom. The molecular weight excluding hydrogens is 462 g/mol. The van der Waals surface area contributed by atoms with Gasteiger partial charge in [-0.05, 0) is 48.9 Å². The molecule has 176 valence electrons. The standard InChI is InChI=1S/C26H24ClN7O/c1-32-9-11-33(12-10-32)18-20-5-6-22(14-24(20)27)31-26(35)21-13-19(15-28-16-21)4-7-23-17-29-25-3-2-8-30-34(23)25/h2-3,5-6,8,13-17H,9-12,18H2,1H3,(H,31,35). The lowest BCUT2D eigenvalue weighted by molar-refractivity contribution is 0.102. The molecule has 0 saturated carbocycles. The fourth-order valence-corrected chi connectivity index (χ4v) is 4.13. The normalized spacial score (nSPS) is 14.5. The molecule has 0 atom stereocenters. The van der Waals surface area contributed by atoms with Crippen LogP contribution in [0.25, 0.3) is 5.65 Å². The maximum absolute atomic E-state index is 12.8. The van der Waals surface area contributed by atoms with Crippen LogP contribution in [0.4, 0.5) is 5.69 Å². The van der Waals surface area contributed by atoms with Gasteiger partial charge >= 0.3 is 0 Å². The Hall–Kier alpha value is -3.77. The predicted octanol–water partition coefficient (Wildman–Crippen LogP) is 3.18. The number of rotatable bonds is 4. The molecule has 1 aliphatic rings. The number of carbonyl (C=O) groups excluding carboxylic acids is 1. The molecule has 1 saturated heterocycles. The highest BCUT2D eigenvalue weighted by atomic mass is 35.5. The summed E-state index contributed by atoms with van der Waals surface area (Å²) < 4.78 is 1.66. The van der Waals surface area contributed by atoms with E-state index < -0.39 is 0 Å². The minimum atomic E-state index is -0.277. The van der Waals surface area contributed by atoms with Crippen LogP contribution in [0.15, 0.2) is 61.2 Å². The van der Waals surface area contributed by atoms with Crippen LogP contribution < -0.4 is 5.32 Å². The van der Waals surface area contributed by atoms with Crippen molar-refractivity contribution >= 4 is 28.8 Å². The highest BCUT2D eigenvalue weighted by Gasteiger charge is 2.16. The van der Waals surface area contributed by atoms with E-state index in [0.717, 1.165) is 43.9 Å². The van der Waals surface area contributed by atoms with Gasteiger partial charge in [0.1, 0.15) is 5.69 Å². The first kappa shape index (κ1) is 23.0. The van der Waals surface area contributed by atoms with Gasteiger partial charge in [-0.3, -0.25) is 14.7 Å². The first-order valence-corrected chi connectivity index (χ1v) is 11.7. The number of likely N-dealkylation sites (N-methyl/N-ethyl adjacent to an activating group) is 1. The van der Waals surface area contributed by atoms with Crippen LogP contribution in [-0.4, -0.2) is 68.5 Å². The lowest BCUT2D eigenvalue weighted by Gasteiger charge is -2.32. The average molecular weight is 486 g/mol. The summed E-state index contributed by atoms with van der Waals surface area (Å²) in [6, 6.07) is 11.0. The summed E-state index contributed by atoms with van der Waals surface area (Å²) >= 11 is 6.53. The summed E-state index contributed by atoms with van der Waals surface area (Å²) in [6.45, 7) is 4.95. The fraction of sp³-hybridized carbons (Fsp3) is 0.231. The van der Waals surface area contributed by atoms with Crippen molar-refractivity contribution in [1.29, 1.82) is 0 Å². The summed E-state index contributed by atoms with van der Waals surface area (Å²) in [5, 5.41) is 7.79. The molecule has 0 radical (unpaired) electrons. The van der Waals surface area contributed by atoms with E-state index in [2.05, 4.69) is 49.1 Å². The number of hydrogen-bond donors (Lipinski definition) is 1. The SMILES string of the molecule is CN1CCN(Cc2ccc(NC(=O)c3cncc(C#Cc4cnc5cccnn45)c3)cc2Cl)CC1. The number of anilines is 1. The van der Waals surface area contributed by atoms with Gasteiger partial charge in [-0.15, -0.1) is 0 Å². The van der Waals surface area contributed by atoms with Crippen LogP contribution in [0.3, 0.4) is 0 Å². The van der Waals surface area contributed by atoms with Crippen molar-refractivity contribution in [1.82, 2.24) is 29.4 Å². The number of fused-ring (bicyclic) bond motifs is 1. The van der Waals surface area contributed by atoms with E-state index in [4.69, 9.17) is 11.6 Å². The third-order valence-electron chi connectivity index (χ3n) is 5.91. The molecule has 1 aromatic carbocycles. The Bertz CT molecular complexity index is 1430. The summed E-state index contributed by atoms with van der Waals surface area (Å²) in [5.74, 6) is 5.80. The zero-order chi connectivity index (χ0) is 24.2. The van der Waals surface area contributed by atoms with Crippen LogP contribution in [-0.2, 0) is 6.54 Å². The first-order valence-electron chi connectivity index (χ1n) is 11.3. The molecule has 9 heteroatoms. The maximum Gasteiger partial charge on any atom is 0.257 e. The number of benzene rings is 1. The minimum absolute atomic E-state index is 0.277. The van der Waals surface area contributed by atoms with Crippen molar-refractivity contribution in [3.63, 3.8) is 0 Å². The lowest BCUT2D eigenvalue weighted by Crippen LogP contribution is -2.43. The third-order valence-corrected chi connectivity index (χ3v) is 6.27. The second kappa shape index (κ2) is 10.2. The van der Waals surface area contributed by atoms with Crippen LogP contribution >= 0.6 is 11.6 Å². The van der Waals surface area contributed by atoms with E-state index in [0.29, 0.717) is 27.5 Å². The number of piperazine rings is 1. The number of amides is 1. The number of nitrogens with zero attached hydrogens (tertiary/aromatic N) is 6. The van der Waals surface area contributed by atoms with Crippen LogP contribution in [0.2, 0.25) is 5.02 Å². The molecule has 35 heavy (non-hydrogen) atoms. The second-order valence-corrected chi connectivity index (χ2v) is 8.90. The van der Waals surface area contributed by atoms with Gasteiger partial charge in [-0.25, -0.2) is 9.50 Å². The van der Waals surface area contributed by atoms with E-state index in [1.807, 2.05) is 24.3 Å². The monoisotopic (exact) mass is 485 g/mol. The van der Waals surface area contributed by atoms with E-state index >= 15 is 0 Å². The van der Waals surface area contributed by atoms with Crippen molar-refractivity contribution in [3.05, 3.63) is 88.6 Å². The smallest absolute Gasteiger partial charge is 0.257 e. The van der Waals surface area contributed by atoms with Gasteiger partial charge < -0.3 is 10.2 Å². The summed E-state index contributed by atoms with van der Waals surface area (Å²) in [6.07, 6.45) is 6.47. The third kappa shape index (κ3) is 5.49. The molecule has 1 N–H and O–H groups in total. The number of nitrogens with one attached hydrogen (secondary N) is 1. The molecule has 0 bridgehead atoms. The van der Waals surface area contributed by atoms with Crippen molar-refractivity contribution in [2.45, 2.75) is 6.54 Å². The van der Waals surface area contributed by atoms with Gasteiger partial charge in [0.25, 0.3) is 5.91 Å². The maximum atomic E-state index is 12.8. The number of aromatic nitrogens is 4. The van der Waals surface area contributed by atoms with Crippen molar-refractivity contribution < 1.29 is 4.79 Å². The molecule has 4 aromatic rings. The van der Waals surface area contributed by atoms with Gasteiger partial charge in [-0.2, -0.15) is 5.10 Å². The van der Waals surface area contributed by atoms with E-state index in [1.165, 1.54) is 6.20 Å². The number of carbonyl (C=O) groups is 1. The minimum Gasteiger partial charge on any atom is -0.322 e. The Morgan fingerprint density at radius 1 is 1.09 bits per heavy atom. The predicted molar refractivity (Wildman–Crippen MR) is 135 cm³/mol. The average Bonchev–Trinajstić information content (AvgIpc) is 3.29. The molecule has 3 aromatic heterocycles. The molecule has 0 aliphatic carbocycles. The zero-order valence-corrected chi connectivity index (χ0v) is 20.0. The first-order chi connectivity index (χ1) is 17.0. The largest absolute Gasteiger partial charge is 0.322 e. The molecular formula is C26H24ClN7O. The van der Waals surface area contributed by atoms with Crippen molar-refractivity contribution in [2.75, 3.05) is 38.5 Å². The highest BCUT2D eigenvalue weighted by Crippen LogP contribution is 2.23. The summed E-state index contributed by atoms with van der Waals surface area (Å²) in [7, 11) is 2.14. The fourth-order valence-electron chi connectivity index (χ4n) is 3.89. The highest BCUT2D eigenvalue weighted by molar-refractivity contribution is 6.31. The van der Waals surface area contributed by atoms with Gasteiger partial charge in [-0.1, -0.05) is 23.6 Å². The van der Waals surface area contributed by atoms with E-state index in [-0.39, 0.29) is 5.91 Å². The summed E-state index contributed by atoms with van der Waals surface area (Å²) in [4.78, 5) is 26.0. The molecule has 5 rings (SSSR count). The van der Waals surface area contributed by atoms with Crippen LogP contribution in [0, 0.1) is 11.8 Å². The Kier molecular flexibility index (Phi) is 6.73. The van der Waals surface area contributed by atoms with Gasteiger partial charge in [0.15, 0.2) is 5.65 Å². The Labute approximate surface area is 208 Å². The van der Waals surface area contributed by atoms with E-state index in [1.54, 1.807) is 35.2 Å². The quantitative estimate of drug-likeness (QED) is 0.447. The zero-order valence-electron chi connectivity index (χ0n) is 19.3. The summed E-state index contributed by atoms with van der Waals surface area (Å²) in [5.41, 5.74) is 4.08. The van der Waals surface area contributed by atoms with E-state index in [9.17, 15) is 4.79 Å². The van der Waals surface area contributed by atoms with Crippen molar-refractivity contribution in [2.24, 2.45) is 0 Å². The van der Waals surface area contributed by atoms with Gasteiger partial charge in [0.05, 0.1) is 11.8 Å². The molecule has 0 unspecified atom stereocenters. The Balaban J connectivity index is 1.26. The number of halogens is 1. The topological polar surface area (TPSA) is 78.7 Å².